The fourth-order valence-corrected chi connectivity index (χ4v) is 2.53. The minimum Gasteiger partial charge on any atom is -0.292 e. The van der Waals surface area contributed by atoms with Gasteiger partial charge in [0.1, 0.15) is 5.38 Å². The van der Waals surface area contributed by atoms with Gasteiger partial charge in [-0.05, 0) is 23.0 Å². The van der Waals surface area contributed by atoms with Gasteiger partial charge in [-0.3, -0.25) is 4.79 Å². The molecular formula is C19H21ClO. The summed E-state index contributed by atoms with van der Waals surface area (Å²) in [6.07, 6.45) is 0.555. The van der Waals surface area contributed by atoms with Crippen LogP contribution < -0.4 is 0 Å². The summed E-state index contributed by atoms with van der Waals surface area (Å²) in [5, 5.41) is -0.520. The van der Waals surface area contributed by atoms with Crippen LogP contribution in [0.15, 0.2) is 54.6 Å². The predicted octanol–water partition coefficient (Wildman–Crippen LogP) is 5.02. The summed E-state index contributed by atoms with van der Waals surface area (Å²) in [4.78, 5) is 12.2. The van der Waals surface area contributed by atoms with E-state index >= 15 is 0 Å². The molecule has 0 spiro atoms. The lowest BCUT2D eigenvalue weighted by molar-refractivity contribution is 0.0986. The standard InChI is InChI=1S/C19H21ClO/c1-19(2,3)16-11-9-14(10-12-16)13-17(20)18(21)15-7-5-4-6-8-15/h4-12,17H,13H2,1-3H3. The summed E-state index contributed by atoms with van der Waals surface area (Å²) in [5.74, 6) is -0.0165. The number of alkyl halides is 1. The van der Waals surface area contributed by atoms with E-state index in [4.69, 9.17) is 11.6 Å². The Morgan fingerprint density at radius 2 is 1.57 bits per heavy atom. The Bertz CT molecular complexity index is 594. The Morgan fingerprint density at radius 3 is 2.10 bits per heavy atom. The third kappa shape index (κ3) is 4.18. The highest BCUT2D eigenvalue weighted by Crippen LogP contribution is 2.23. The summed E-state index contributed by atoms with van der Waals surface area (Å²) < 4.78 is 0. The molecule has 2 rings (SSSR count). The van der Waals surface area contributed by atoms with Gasteiger partial charge in [-0.2, -0.15) is 0 Å². The van der Waals surface area contributed by atoms with Crippen molar-refractivity contribution < 1.29 is 4.79 Å². The molecule has 2 heteroatoms. The molecule has 21 heavy (non-hydrogen) atoms. The van der Waals surface area contributed by atoms with Crippen LogP contribution in [0.25, 0.3) is 0 Å². The molecule has 0 aliphatic rings. The number of carbonyl (C=O) groups is 1. The zero-order valence-corrected chi connectivity index (χ0v) is 13.5. The summed E-state index contributed by atoms with van der Waals surface area (Å²) in [7, 11) is 0. The molecule has 0 amide bonds. The van der Waals surface area contributed by atoms with E-state index in [0.29, 0.717) is 12.0 Å². The highest BCUT2D eigenvalue weighted by Gasteiger charge is 2.18. The molecule has 2 aromatic carbocycles. The van der Waals surface area contributed by atoms with E-state index in [1.165, 1.54) is 5.56 Å². The third-order valence-electron chi connectivity index (χ3n) is 3.58. The van der Waals surface area contributed by atoms with E-state index in [9.17, 15) is 4.79 Å². The van der Waals surface area contributed by atoms with Gasteiger partial charge in [0, 0.05) is 5.56 Å². The highest BCUT2D eigenvalue weighted by atomic mass is 35.5. The number of ketones is 1. The van der Waals surface area contributed by atoms with Gasteiger partial charge >= 0.3 is 0 Å². The third-order valence-corrected chi connectivity index (χ3v) is 3.93. The molecule has 1 nitrogen and oxygen atoms in total. The van der Waals surface area contributed by atoms with E-state index in [1.54, 1.807) is 12.1 Å². The number of halogens is 1. The van der Waals surface area contributed by atoms with Crippen LogP contribution in [0.5, 0.6) is 0 Å². The van der Waals surface area contributed by atoms with Gasteiger partial charge in [0.2, 0.25) is 0 Å². The molecule has 0 aromatic heterocycles. The smallest absolute Gasteiger partial charge is 0.180 e. The number of benzene rings is 2. The Labute approximate surface area is 132 Å². The number of hydrogen-bond donors (Lipinski definition) is 0. The molecule has 0 N–H and O–H groups in total. The Kier molecular flexibility index (Phi) is 4.84. The molecule has 0 aliphatic heterocycles. The van der Waals surface area contributed by atoms with Gasteiger partial charge in [0.05, 0.1) is 0 Å². The number of carbonyl (C=O) groups excluding carboxylic acids is 1. The molecule has 2 aromatic rings. The average molecular weight is 301 g/mol. The van der Waals surface area contributed by atoms with Crippen molar-refractivity contribution in [2.45, 2.75) is 38.0 Å². The van der Waals surface area contributed by atoms with Crippen molar-refractivity contribution in [3.8, 4) is 0 Å². The van der Waals surface area contributed by atoms with Crippen LogP contribution in [-0.2, 0) is 11.8 Å². The Balaban J connectivity index is 2.06. The van der Waals surface area contributed by atoms with Gasteiger partial charge in [-0.25, -0.2) is 0 Å². The normalized spacial score (nSPS) is 13.0. The van der Waals surface area contributed by atoms with Crippen molar-refractivity contribution in [3.63, 3.8) is 0 Å². The molecular weight excluding hydrogens is 280 g/mol. The highest BCUT2D eigenvalue weighted by molar-refractivity contribution is 6.34. The van der Waals surface area contributed by atoms with Crippen LogP contribution in [0, 0.1) is 0 Å². The van der Waals surface area contributed by atoms with Crippen molar-refractivity contribution in [1.29, 1.82) is 0 Å². The zero-order valence-electron chi connectivity index (χ0n) is 12.8. The monoisotopic (exact) mass is 300 g/mol. The van der Waals surface area contributed by atoms with Crippen molar-refractivity contribution in [2.24, 2.45) is 0 Å². The van der Waals surface area contributed by atoms with Crippen molar-refractivity contribution in [1.82, 2.24) is 0 Å². The number of hydrogen-bond acceptors (Lipinski definition) is 1. The fourth-order valence-electron chi connectivity index (χ4n) is 2.22. The maximum atomic E-state index is 12.2. The summed E-state index contributed by atoms with van der Waals surface area (Å²) in [6, 6.07) is 17.6. The molecule has 0 bridgehead atoms. The Hall–Kier alpha value is -1.60. The maximum absolute atomic E-state index is 12.2. The first-order valence-electron chi connectivity index (χ1n) is 7.20. The summed E-state index contributed by atoms with van der Waals surface area (Å²) >= 11 is 6.28. The maximum Gasteiger partial charge on any atom is 0.180 e. The van der Waals surface area contributed by atoms with Crippen LogP contribution in [0.2, 0.25) is 0 Å². The number of Topliss-reactive ketones (excluding diaryl/α,β-unsaturated/α-hetero) is 1. The fraction of sp³-hybridized carbons (Fsp3) is 0.316. The van der Waals surface area contributed by atoms with Crippen molar-refractivity contribution in [3.05, 3.63) is 71.3 Å². The van der Waals surface area contributed by atoms with E-state index in [1.807, 2.05) is 18.2 Å². The van der Waals surface area contributed by atoms with Crippen LogP contribution in [0.4, 0.5) is 0 Å². The molecule has 0 heterocycles. The second-order valence-electron chi connectivity index (χ2n) is 6.35. The lowest BCUT2D eigenvalue weighted by Crippen LogP contribution is -2.17. The van der Waals surface area contributed by atoms with E-state index in [2.05, 4.69) is 45.0 Å². The summed E-state index contributed by atoms with van der Waals surface area (Å²) in [5.41, 5.74) is 3.18. The second-order valence-corrected chi connectivity index (χ2v) is 6.88. The molecule has 0 saturated carbocycles. The molecule has 110 valence electrons. The molecule has 1 unspecified atom stereocenters. The van der Waals surface area contributed by atoms with Crippen LogP contribution in [0.1, 0.15) is 42.3 Å². The summed E-state index contributed by atoms with van der Waals surface area (Å²) in [6.45, 7) is 6.56. The van der Waals surface area contributed by atoms with Gasteiger partial charge in [0.15, 0.2) is 5.78 Å². The molecule has 0 aliphatic carbocycles. The number of rotatable bonds is 4. The quantitative estimate of drug-likeness (QED) is 0.572. The second kappa shape index (κ2) is 6.44. The van der Waals surface area contributed by atoms with Crippen LogP contribution >= 0.6 is 11.6 Å². The molecule has 0 fully saturated rings. The van der Waals surface area contributed by atoms with Gasteiger partial charge < -0.3 is 0 Å². The lowest BCUT2D eigenvalue weighted by atomic mass is 9.86. The lowest BCUT2D eigenvalue weighted by Gasteiger charge is -2.19. The van der Waals surface area contributed by atoms with Crippen molar-refractivity contribution in [2.75, 3.05) is 0 Å². The van der Waals surface area contributed by atoms with E-state index in [0.717, 1.165) is 5.56 Å². The topological polar surface area (TPSA) is 17.1 Å². The molecule has 1 atom stereocenters. The first-order valence-corrected chi connectivity index (χ1v) is 7.64. The van der Waals surface area contributed by atoms with E-state index in [-0.39, 0.29) is 11.2 Å². The first kappa shape index (κ1) is 15.8. The van der Waals surface area contributed by atoms with Gasteiger partial charge in [-0.1, -0.05) is 75.4 Å². The van der Waals surface area contributed by atoms with E-state index < -0.39 is 5.38 Å². The minimum absolute atomic E-state index is 0.0165. The zero-order chi connectivity index (χ0) is 15.5. The Morgan fingerprint density at radius 1 is 1.00 bits per heavy atom. The predicted molar refractivity (Wildman–Crippen MR) is 89.3 cm³/mol. The first-order chi connectivity index (χ1) is 9.88. The largest absolute Gasteiger partial charge is 0.292 e. The van der Waals surface area contributed by atoms with Gasteiger partial charge in [0.25, 0.3) is 0 Å². The minimum atomic E-state index is -0.520. The molecule has 0 radical (unpaired) electrons. The SMILES string of the molecule is CC(C)(C)c1ccc(CC(Cl)C(=O)c2ccccc2)cc1. The van der Waals surface area contributed by atoms with Crippen LogP contribution in [0.3, 0.4) is 0 Å². The van der Waals surface area contributed by atoms with Crippen LogP contribution in [-0.4, -0.2) is 11.2 Å². The average Bonchev–Trinajstić information content (AvgIpc) is 2.47. The molecule has 0 saturated heterocycles. The van der Waals surface area contributed by atoms with Crippen molar-refractivity contribution >= 4 is 17.4 Å². The van der Waals surface area contributed by atoms with Gasteiger partial charge in [-0.15, -0.1) is 11.6 Å².